The van der Waals surface area contributed by atoms with Gasteiger partial charge in [-0.15, -0.1) is 0 Å². The molecular weight excluding hydrogens is 320 g/mol. The van der Waals surface area contributed by atoms with E-state index < -0.39 is 10.0 Å². The van der Waals surface area contributed by atoms with Gasteiger partial charge in [0.15, 0.2) is 0 Å². The van der Waals surface area contributed by atoms with Gasteiger partial charge in [0, 0.05) is 23.3 Å². The van der Waals surface area contributed by atoms with Gasteiger partial charge in [0.05, 0.1) is 11.5 Å². The van der Waals surface area contributed by atoms with Crippen molar-refractivity contribution in [1.29, 1.82) is 0 Å². The van der Waals surface area contributed by atoms with Crippen LogP contribution in [0.3, 0.4) is 0 Å². The normalized spacial score (nSPS) is 13.5. The lowest BCUT2D eigenvalue weighted by atomic mass is 10.3. The van der Waals surface area contributed by atoms with Crippen molar-refractivity contribution in [2.45, 2.75) is 24.3 Å². The van der Waals surface area contributed by atoms with Crippen LogP contribution in [0.1, 0.15) is 13.3 Å². The highest BCUT2D eigenvalue weighted by atomic mass is 79.9. The SMILES string of the molecule is CCC(COC)NS(=O)(=O)c1ccc(N)cc1Br. The third kappa shape index (κ3) is 3.94. The molecule has 1 aromatic rings. The van der Waals surface area contributed by atoms with E-state index in [9.17, 15) is 8.42 Å². The van der Waals surface area contributed by atoms with E-state index in [0.29, 0.717) is 23.2 Å². The summed E-state index contributed by atoms with van der Waals surface area (Å²) >= 11 is 3.20. The molecule has 1 rings (SSSR count). The second-order valence-corrected chi connectivity index (χ2v) is 6.41. The lowest BCUT2D eigenvalue weighted by molar-refractivity contribution is 0.173. The number of sulfonamides is 1. The molecule has 5 nitrogen and oxygen atoms in total. The van der Waals surface area contributed by atoms with Gasteiger partial charge in [0.2, 0.25) is 10.0 Å². The quantitative estimate of drug-likeness (QED) is 0.775. The van der Waals surface area contributed by atoms with Gasteiger partial charge in [-0.2, -0.15) is 0 Å². The Morgan fingerprint density at radius 3 is 2.67 bits per heavy atom. The largest absolute Gasteiger partial charge is 0.399 e. The van der Waals surface area contributed by atoms with Gasteiger partial charge in [0.1, 0.15) is 0 Å². The maximum atomic E-state index is 12.2. The number of nitrogen functional groups attached to an aromatic ring is 1. The predicted molar refractivity (Wildman–Crippen MR) is 74.8 cm³/mol. The summed E-state index contributed by atoms with van der Waals surface area (Å²) in [6, 6.07) is 4.34. The van der Waals surface area contributed by atoms with Crippen molar-refractivity contribution in [2.75, 3.05) is 19.5 Å². The number of nitrogens with one attached hydrogen (secondary N) is 1. The van der Waals surface area contributed by atoms with Gasteiger partial charge >= 0.3 is 0 Å². The number of ether oxygens (including phenoxy) is 1. The lowest BCUT2D eigenvalue weighted by Crippen LogP contribution is -2.37. The predicted octanol–water partition coefficient (Wildman–Crippen LogP) is 1.73. The Bertz CT molecular complexity index is 505. The maximum absolute atomic E-state index is 12.2. The molecule has 0 amide bonds. The van der Waals surface area contributed by atoms with Crippen LogP contribution >= 0.6 is 15.9 Å². The number of methoxy groups -OCH3 is 1. The van der Waals surface area contributed by atoms with Gasteiger partial charge in [-0.1, -0.05) is 6.92 Å². The number of benzene rings is 1. The highest BCUT2D eigenvalue weighted by Gasteiger charge is 2.21. The van der Waals surface area contributed by atoms with Crippen LogP contribution in [0, 0.1) is 0 Å². The summed E-state index contributed by atoms with van der Waals surface area (Å²) in [5.41, 5.74) is 6.09. The van der Waals surface area contributed by atoms with E-state index in [-0.39, 0.29) is 10.9 Å². The van der Waals surface area contributed by atoms with E-state index >= 15 is 0 Å². The molecule has 0 aliphatic carbocycles. The Hall–Kier alpha value is -0.630. The summed E-state index contributed by atoms with van der Waals surface area (Å²) in [6.07, 6.45) is 0.652. The summed E-state index contributed by atoms with van der Waals surface area (Å²) in [6.45, 7) is 2.23. The minimum atomic E-state index is -3.57. The van der Waals surface area contributed by atoms with Crippen molar-refractivity contribution in [1.82, 2.24) is 4.72 Å². The highest BCUT2D eigenvalue weighted by Crippen LogP contribution is 2.24. The Kier molecular flexibility index (Phi) is 5.58. The molecule has 0 heterocycles. The topological polar surface area (TPSA) is 81.4 Å². The second-order valence-electron chi connectivity index (χ2n) is 3.87. The number of nitrogens with two attached hydrogens (primary N) is 1. The van der Waals surface area contributed by atoms with E-state index in [2.05, 4.69) is 20.7 Å². The summed E-state index contributed by atoms with van der Waals surface area (Å²) in [4.78, 5) is 0.172. The molecular formula is C11H17BrN2O3S. The molecule has 0 saturated carbocycles. The molecule has 0 aliphatic heterocycles. The molecule has 102 valence electrons. The van der Waals surface area contributed by atoms with E-state index in [0.717, 1.165) is 0 Å². The first-order chi connectivity index (χ1) is 8.40. The first-order valence-corrected chi connectivity index (χ1v) is 7.74. The van der Waals surface area contributed by atoms with Crippen LogP contribution in [0.15, 0.2) is 27.6 Å². The first-order valence-electron chi connectivity index (χ1n) is 5.47. The standard InChI is InChI=1S/C11H17BrN2O3S/c1-3-9(7-17-2)14-18(15,16)11-5-4-8(13)6-10(11)12/h4-6,9,14H,3,7,13H2,1-2H3. The van der Waals surface area contributed by atoms with Crippen LogP contribution in [-0.4, -0.2) is 28.2 Å². The molecule has 0 radical (unpaired) electrons. The van der Waals surface area contributed by atoms with E-state index in [4.69, 9.17) is 10.5 Å². The maximum Gasteiger partial charge on any atom is 0.242 e. The van der Waals surface area contributed by atoms with Gasteiger partial charge in [0.25, 0.3) is 0 Å². The van der Waals surface area contributed by atoms with Crippen LogP contribution < -0.4 is 10.5 Å². The molecule has 7 heteroatoms. The number of halogens is 1. The van der Waals surface area contributed by atoms with Crippen molar-refractivity contribution >= 4 is 31.6 Å². The van der Waals surface area contributed by atoms with Crippen molar-refractivity contribution in [3.8, 4) is 0 Å². The summed E-state index contributed by atoms with van der Waals surface area (Å²) in [5, 5.41) is 0. The van der Waals surface area contributed by atoms with Crippen molar-refractivity contribution < 1.29 is 13.2 Å². The highest BCUT2D eigenvalue weighted by molar-refractivity contribution is 9.10. The van der Waals surface area contributed by atoms with Gasteiger partial charge in [-0.05, 0) is 40.5 Å². The first kappa shape index (κ1) is 15.4. The Morgan fingerprint density at radius 1 is 1.50 bits per heavy atom. The number of hydrogen-bond acceptors (Lipinski definition) is 4. The molecule has 0 aromatic heterocycles. The molecule has 0 fully saturated rings. The fourth-order valence-electron chi connectivity index (χ4n) is 1.45. The molecule has 0 bridgehead atoms. The van der Waals surface area contributed by atoms with Crippen molar-refractivity contribution in [3.63, 3.8) is 0 Å². The molecule has 0 saturated heterocycles. The average Bonchev–Trinajstić information content (AvgIpc) is 2.27. The molecule has 1 unspecified atom stereocenters. The molecule has 0 spiro atoms. The van der Waals surface area contributed by atoms with E-state index in [1.807, 2.05) is 6.92 Å². The Balaban J connectivity index is 2.99. The van der Waals surface area contributed by atoms with Crippen LogP contribution in [-0.2, 0) is 14.8 Å². The number of hydrogen-bond donors (Lipinski definition) is 2. The third-order valence-corrected chi connectivity index (χ3v) is 4.93. The van der Waals surface area contributed by atoms with Gasteiger partial charge < -0.3 is 10.5 Å². The molecule has 1 atom stereocenters. The molecule has 0 aliphatic rings. The van der Waals surface area contributed by atoms with Crippen molar-refractivity contribution in [3.05, 3.63) is 22.7 Å². The van der Waals surface area contributed by atoms with E-state index in [1.54, 1.807) is 12.1 Å². The molecule has 3 N–H and O–H groups in total. The molecule has 18 heavy (non-hydrogen) atoms. The fraction of sp³-hybridized carbons (Fsp3) is 0.455. The smallest absolute Gasteiger partial charge is 0.242 e. The number of anilines is 1. The Morgan fingerprint density at radius 2 is 2.17 bits per heavy atom. The summed E-state index contributed by atoms with van der Waals surface area (Å²) < 4.78 is 32.4. The van der Waals surface area contributed by atoms with E-state index in [1.165, 1.54) is 13.2 Å². The zero-order valence-electron chi connectivity index (χ0n) is 10.3. The van der Waals surface area contributed by atoms with Crippen LogP contribution in [0.4, 0.5) is 5.69 Å². The summed E-state index contributed by atoms with van der Waals surface area (Å²) in [5.74, 6) is 0. The van der Waals surface area contributed by atoms with Crippen LogP contribution in [0.25, 0.3) is 0 Å². The third-order valence-electron chi connectivity index (χ3n) is 2.43. The van der Waals surface area contributed by atoms with Crippen molar-refractivity contribution in [2.24, 2.45) is 0 Å². The fourth-order valence-corrected chi connectivity index (χ4v) is 3.85. The lowest BCUT2D eigenvalue weighted by Gasteiger charge is -2.16. The summed E-state index contributed by atoms with van der Waals surface area (Å²) in [7, 11) is -2.04. The second kappa shape index (κ2) is 6.51. The monoisotopic (exact) mass is 336 g/mol. The van der Waals surface area contributed by atoms with Gasteiger partial charge in [-0.3, -0.25) is 0 Å². The average molecular weight is 337 g/mol. The van der Waals surface area contributed by atoms with Crippen LogP contribution in [0.5, 0.6) is 0 Å². The zero-order chi connectivity index (χ0) is 13.8. The number of rotatable bonds is 6. The van der Waals surface area contributed by atoms with Gasteiger partial charge in [-0.25, -0.2) is 13.1 Å². The minimum absolute atomic E-state index is 0.172. The minimum Gasteiger partial charge on any atom is -0.399 e. The Labute approximate surface area is 116 Å². The van der Waals surface area contributed by atoms with Crippen LogP contribution in [0.2, 0.25) is 0 Å². The molecule has 1 aromatic carbocycles. The zero-order valence-corrected chi connectivity index (χ0v) is 12.7.